The second-order valence-electron chi connectivity index (χ2n) is 4.91. The third-order valence-electron chi connectivity index (χ3n) is 3.15. The number of hydrogen-bond acceptors (Lipinski definition) is 4. The monoisotopic (exact) mass is 324 g/mol. The van der Waals surface area contributed by atoms with Gasteiger partial charge in [-0.1, -0.05) is 65.3 Å². The van der Waals surface area contributed by atoms with E-state index >= 15 is 0 Å². The summed E-state index contributed by atoms with van der Waals surface area (Å²) in [7, 11) is 3.38. The fourth-order valence-electron chi connectivity index (χ4n) is 1.91. The van der Waals surface area contributed by atoms with Crippen molar-refractivity contribution in [2.45, 2.75) is 37.6 Å². The Kier molecular flexibility index (Phi) is 6.45. The highest BCUT2D eigenvalue weighted by molar-refractivity contribution is 8.77. The van der Waals surface area contributed by atoms with Gasteiger partial charge >= 0.3 is 0 Å². The largest absolute Gasteiger partial charge is 0.341 e. The molecule has 0 bridgehead atoms. The Hall–Kier alpha value is -1.14. The fourth-order valence-corrected chi connectivity index (χ4v) is 4.58. The van der Waals surface area contributed by atoms with Crippen LogP contribution in [-0.2, 0) is 16.0 Å². The van der Waals surface area contributed by atoms with Gasteiger partial charge in [-0.3, -0.25) is 9.59 Å². The van der Waals surface area contributed by atoms with Crippen LogP contribution in [0.15, 0.2) is 30.3 Å². The molecule has 1 aliphatic heterocycles. The van der Waals surface area contributed by atoms with E-state index in [9.17, 15) is 9.59 Å². The predicted molar refractivity (Wildman–Crippen MR) is 89.0 cm³/mol. The number of carbonyl (C=O) groups is 2. The zero-order chi connectivity index (χ0) is 15.1. The Bertz CT molecular complexity index is 482. The fraction of sp³-hybridized carbons (Fsp3) is 0.467. The van der Waals surface area contributed by atoms with Crippen molar-refractivity contribution in [2.75, 3.05) is 5.75 Å². The molecule has 1 aliphatic rings. The summed E-state index contributed by atoms with van der Waals surface area (Å²) < 4.78 is 0. The second-order valence-corrected chi connectivity index (χ2v) is 7.54. The van der Waals surface area contributed by atoms with E-state index in [-0.39, 0.29) is 17.2 Å². The minimum absolute atomic E-state index is 0.0147. The van der Waals surface area contributed by atoms with Gasteiger partial charge in [0.1, 0.15) is 11.4 Å². The lowest BCUT2D eigenvalue weighted by atomic mass is 10.1. The first-order valence-electron chi connectivity index (χ1n) is 7.12. The van der Waals surface area contributed by atoms with Crippen molar-refractivity contribution in [3.05, 3.63) is 35.9 Å². The molecular weight excluding hydrogens is 304 g/mol. The molecule has 0 aliphatic carbocycles. The molecule has 2 atom stereocenters. The van der Waals surface area contributed by atoms with Crippen LogP contribution in [0.5, 0.6) is 0 Å². The SMILES string of the molecule is CCCCSS[C@H]1NC(=O)[C@H]1NC(=O)Cc1ccccc1. The highest BCUT2D eigenvalue weighted by Crippen LogP contribution is 2.31. The van der Waals surface area contributed by atoms with Gasteiger partial charge in [0.15, 0.2) is 0 Å². The molecule has 0 unspecified atom stereocenters. The average Bonchev–Trinajstić information content (AvgIpc) is 2.49. The maximum absolute atomic E-state index is 12.0. The van der Waals surface area contributed by atoms with Crippen molar-refractivity contribution >= 4 is 33.4 Å². The van der Waals surface area contributed by atoms with Crippen LogP contribution in [0.3, 0.4) is 0 Å². The number of nitrogens with one attached hydrogen (secondary N) is 2. The minimum Gasteiger partial charge on any atom is -0.341 e. The molecule has 2 amide bonds. The zero-order valence-electron chi connectivity index (χ0n) is 12.0. The van der Waals surface area contributed by atoms with E-state index in [0.717, 1.165) is 11.3 Å². The molecule has 6 heteroatoms. The first-order chi connectivity index (χ1) is 10.2. The summed E-state index contributed by atoms with van der Waals surface area (Å²) in [6.07, 6.45) is 2.65. The molecule has 4 nitrogen and oxygen atoms in total. The molecule has 0 saturated carbocycles. The van der Waals surface area contributed by atoms with E-state index < -0.39 is 6.04 Å². The summed E-state index contributed by atoms with van der Waals surface area (Å²) in [4.78, 5) is 23.5. The van der Waals surface area contributed by atoms with Gasteiger partial charge in [0, 0.05) is 5.75 Å². The smallest absolute Gasteiger partial charge is 0.246 e. The molecule has 1 aromatic rings. The lowest BCUT2D eigenvalue weighted by Crippen LogP contribution is -2.67. The van der Waals surface area contributed by atoms with Crippen LogP contribution in [0.2, 0.25) is 0 Å². The van der Waals surface area contributed by atoms with Gasteiger partial charge in [-0.2, -0.15) is 0 Å². The average molecular weight is 324 g/mol. The standard InChI is InChI=1S/C15H20N2O2S2/c1-2-3-9-20-21-15-13(14(19)17-15)16-12(18)10-11-7-5-4-6-8-11/h4-8,13,15H,2-3,9-10H2,1H3,(H,16,18)(H,17,19)/t13-,15-/m1/s1. The molecule has 2 rings (SSSR count). The molecule has 1 aromatic carbocycles. The highest BCUT2D eigenvalue weighted by Gasteiger charge is 2.40. The van der Waals surface area contributed by atoms with Gasteiger partial charge < -0.3 is 10.6 Å². The number of β-lactam (4-membered cyclic amide) rings is 1. The van der Waals surface area contributed by atoms with Gasteiger partial charge in [-0.05, 0) is 12.0 Å². The summed E-state index contributed by atoms with van der Waals surface area (Å²) in [5.41, 5.74) is 0.955. The number of amides is 2. The van der Waals surface area contributed by atoms with Crippen molar-refractivity contribution in [1.82, 2.24) is 10.6 Å². The molecule has 21 heavy (non-hydrogen) atoms. The maximum Gasteiger partial charge on any atom is 0.246 e. The van der Waals surface area contributed by atoms with Crippen molar-refractivity contribution < 1.29 is 9.59 Å². The summed E-state index contributed by atoms with van der Waals surface area (Å²) in [6, 6.07) is 9.14. The quantitative estimate of drug-likeness (QED) is 0.438. The summed E-state index contributed by atoms with van der Waals surface area (Å²) >= 11 is 0. The van der Waals surface area contributed by atoms with Crippen LogP contribution < -0.4 is 10.6 Å². The van der Waals surface area contributed by atoms with Crippen molar-refractivity contribution in [3.8, 4) is 0 Å². The van der Waals surface area contributed by atoms with Crippen molar-refractivity contribution in [2.24, 2.45) is 0 Å². The Balaban J connectivity index is 1.75. The zero-order valence-corrected chi connectivity index (χ0v) is 13.6. The topological polar surface area (TPSA) is 58.2 Å². The molecular formula is C15H20N2O2S2. The molecule has 0 radical (unpaired) electrons. The van der Waals surface area contributed by atoms with Crippen LogP contribution >= 0.6 is 21.6 Å². The third-order valence-corrected chi connectivity index (χ3v) is 5.87. The van der Waals surface area contributed by atoms with Gasteiger partial charge in [0.2, 0.25) is 11.8 Å². The van der Waals surface area contributed by atoms with Gasteiger partial charge in [0.25, 0.3) is 0 Å². The third kappa shape index (κ3) is 4.97. The minimum atomic E-state index is -0.402. The first-order valence-corrected chi connectivity index (χ1v) is 9.51. The normalized spacial score (nSPS) is 20.5. The predicted octanol–water partition coefficient (Wildman–Crippen LogP) is 2.35. The molecule has 2 N–H and O–H groups in total. The molecule has 114 valence electrons. The van der Waals surface area contributed by atoms with Crippen LogP contribution in [0.4, 0.5) is 0 Å². The van der Waals surface area contributed by atoms with Crippen molar-refractivity contribution in [3.63, 3.8) is 0 Å². The van der Waals surface area contributed by atoms with Gasteiger partial charge in [-0.25, -0.2) is 0 Å². The lowest BCUT2D eigenvalue weighted by Gasteiger charge is -2.36. The highest BCUT2D eigenvalue weighted by atomic mass is 33.1. The molecule has 1 heterocycles. The summed E-state index contributed by atoms with van der Waals surface area (Å²) in [5, 5.41) is 5.63. The Morgan fingerprint density at radius 3 is 2.76 bits per heavy atom. The lowest BCUT2D eigenvalue weighted by molar-refractivity contribution is -0.133. The van der Waals surface area contributed by atoms with E-state index in [4.69, 9.17) is 0 Å². The van der Waals surface area contributed by atoms with Crippen LogP contribution in [0.25, 0.3) is 0 Å². The molecule has 0 spiro atoms. The Morgan fingerprint density at radius 2 is 2.10 bits per heavy atom. The van der Waals surface area contributed by atoms with E-state index in [1.54, 1.807) is 21.6 Å². The number of hydrogen-bond donors (Lipinski definition) is 2. The van der Waals surface area contributed by atoms with Gasteiger partial charge in [0.05, 0.1) is 6.42 Å². The second kappa shape index (κ2) is 8.34. The van der Waals surface area contributed by atoms with E-state index in [0.29, 0.717) is 6.42 Å². The molecule has 1 fully saturated rings. The van der Waals surface area contributed by atoms with Crippen molar-refractivity contribution in [1.29, 1.82) is 0 Å². The summed E-state index contributed by atoms with van der Waals surface area (Å²) in [5.74, 6) is 0.869. The van der Waals surface area contributed by atoms with E-state index in [1.807, 2.05) is 30.3 Å². The number of unbranched alkanes of at least 4 members (excludes halogenated alkanes) is 1. The van der Waals surface area contributed by atoms with Crippen LogP contribution in [0.1, 0.15) is 25.3 Å². The first kappa shape index (κ1) is 16.2. The van der Waals surface area contributed by atoms with Gasteiger partial charge in [-0.15, -0.1) is 0 Å². The van der Waals surface area contributed by atoms with Crippen LogP contribution in [-0.4, -0.2) is 29.0 Å². The van der Waals surface area contributed by atoms with E-state index in [1.165, 1.54) is 12.8 Å². The maximum atomic E-state index is 12.0. The number of benzene rings is 1. The molecule has 1 saturated heterocycles. The Morgan fingerprint density at radius 1 is 1.33 bits per heavy atom. The summed E-state index contributed by atoms with van der Waals surface area (Å²) in [6.45, 7) is 2.16. The van der Waals surface area contributed by atoms with E-state index in [2.05, 4.69) is 17.6 Å². The van der Waals surface area contributed by atoms with Crippen LogP contribution in [0, 0.1) is 0 Å². The molecule has 0 aromatic heterocycles. The number of carbonyl (C=O) groups excluding carboxylic acids is 2. The number of rotatable bonds is 8. The Labute approximate surface area is 133 Å².